The summed E-state index contributed by atoms with van der Waals surface area (Å²) in [6.45, 7) is 3.45. The van der Waals surface area contributed by atoms with Gasteiger partial charge in [-0.1, -0.05) is 66.7 Å². The highest BCUT2D eigenvalue weighted by Gasteiger charge is 2.07. The molecule has 3 aromatic carbocycles. The lowest BCUT2D eigenvalue weighted by molar-refractivity contribution is 0.264. The predicted molar refractivity (Wildman–Crippen MR) is 93.6 cm³/mol. The summed E-state index contributed by atoms with van der Waals surface area (Å²) in [5, 5.41) is 2.59. The van der Waals surface area contributed by atoms with Crippen molar-refractivity contribution in [3.63, 3.8) is 0 Å². The average molecular weight is 290 g/mol. The SMILES string of the molecule is NCCN(Cc1ccccc1)Cc1ccc2ccccc2c1. The summed E-state index contributed by atoms with van der Waals surface area (Å²) in [6, 6.07) is 25.8. The van der Waals surface area contributed by atoms with Crippen LogP contribution in [0.4, 0.5) is 0 Å². The summed E-state index contributed by atoms with van der Waals surface area (Å²) in [7, 11) is 0. The van der Waals surface area contributed by atoms with Gasteiger partial charge in [0.05, 0.1) is 0 Å². The largest absolute Gasteiger partial charge is 0.329 e. The summed E-state index contributed by atoms with van der Waals surface area (Å²) in [4.78, 5) is 2.40. The molecule has 0 atom stereocenters. The Bertz CT molecular complexity index is 722. The molecule has 0 saturated carbocycles. The first-order valence-electron chi connectivity index (χ1n) is 7.79. The molecule has 0 bridgehead atoms. The van der Waals surface area contributed by atoms with E-state index in [1.165, 1.54) is 21.9 Å². The van der Waals surface area contributed by atoms with Crippen molar-refractivity contribution in [2.24, 2.45) is 5.73 Å². The highest BCUT2D eigenvalue weighted by atomic mass is 15.1. The van der Waals surface area contributed by atoms with Gasteiger partial charge in [-0.05, 0) is 28.0 Å². The number of fused-ring (bicyclic) bond motifs is 1. The Hall–Kier alpha value is -2.16. The highest BCUT2D eigenvalue weighted by molar-refractivity contribution is 5.82. The van der Waals surface area contributed by atoms with E-state index >= 15 is 0 Å². The zero-order valence-corrected chi connectivity index (χ0v) is 12.8. The van der Waals surface area contributed by atoms with Crippen LogP contribution in [0.15, 0.2) is 72.8 Å². The van der Waals surface area contributed by atoms with Crippen molar-refractivity contribution in [2.75, 3.05) is 13.1 Å². The van der Waals surface area contributed by atoms with E-state index < -0.39 is 0 Å². The minimum absolute atomic E-state index is 0.681. The second kappa shape index (κ2) is 7.21. The minimum Gasteiger partial charge on any atom is -0.329 e. The van der Waals surface area contributed by atoms with Gasteiger partial charge in [0.1, 0.15) is 0 Å². The van der Waals surface area contributed by atoms with Gasteiger partial charge >= 0.3 is 0 Å². The van der Waals surface area contributed by atoms with E-state index in [0.717, 1.165) is 19.6 Å². The maximum absolute atomic E-state index is 5.79. The molecule has 2 nitrogen and oxygen atoms in total. The Balaban J connectivity index is 1.76. The molecule has 3 rings (SSSR count). The van der Waals surface area contributed by atoms with E-state index in [1.54, 1.807) is 0 Å². The summed E-state index contributed by atoms with van der Waals surface area (Å²) in [5.41, 5.74) is 8.45. The number of hydrogen-bond donors (Lipinski definition) is 1. The Morgan fingerprint density at radius 1 is 0.682 bits per heavy atom. The highest BCUT2D eigenvalue weighted by Crippen LogP contribution is 2.17. The fourth-order valence-corrected chi connectivity index (χ4v) is 2.83. The Morgan fingerprint density at radius 2 is 1.36 bits per heavy atom. The predicted octanol–water partition coefficient (Wildman–Crippen LogP) is 3.80. The summed E-state index contributed by atoms with van der Waals surface area (Å²) in [5.74, 6) is 0. The first kappa shape index (κ1) is 14.8. The molecule has 112 valence electrons. The molecule has 2 heteroatoms. The van der Waals surface area contributed by atoms with Crippen LogP contribution >= 0.6 is 0 Å². The van der Waals surface area contributed by atoms with Crippen molar-refractivity contribution < 1.29 is 0 Å². The normalized spacial score (nSPS) is 11.2. The molecule has 0 unspecified atom stereocenters. The maximum Gasteiger partial charge on any atom is 0.0238 e. The van der Waals surface area contributed by atoms with E-state index in [2.05, 4.69) is 77.7 Å². The molecule has 2 N–H and O–H groups in total. The average Bonchev–Trinajstić information content (AvgIpc) is 2.56. The monoisotopic (exact) mass is 290 g/mol. The minimum atomic E-state index is 0.681. The number of benzene rings is 3. The second-order valence-electron chi connectivity index (χ2n) is 5.67. The van der Waals surface area contributed by atoms with E-state index in [4.69, 9.17) is 5.73 Å². The standard InChI is InChI=1S/C20H22N2/c21-12-13-22(15-17-6-2-1-3-7-17)16-18-10-11-19-8-4-5-9-20(19)14-18/h1-11,14H,12-13,15-16,21H2. The van der Waals surface area contributed by atoms with Gasteiger partial charge in [0, 0.05) is 26.2 Å². The van der Waals surface area contributed by atoms with Crippen LogP contribution in [0.2, 0.25) is 0 Å². The van der Waals surface area contributed by atoms with Gasteiger partial charge in [0.25, 0.3) is 0 Å². The number of nitrogens with two attached hydrogens (primary N) is 1. The van der Waals surface area contributed by atoms with Crippen LogP contribution < -0.4 is 5.73 Å². The quantitative estimate of drug-likeness (QED) is 0.748. The van der Waals surface area contributed by atoms with E-state index in [0.29, 0.717) is 6.54 Å². The van der Waals surface area contributed by atoms with Crippen molar-refractivity contribution in [2.45, 2.75) is 13.1 Å². The number of hydrogen-bond acceptors (Lipinski definition) is 2. The van der Waals surface area contributed by atoms with Crippen LogP contribution in [0, 0.1) is 0 Å². The smallest absolute Gasteiger partial charge is 0.0238 e. The Morgan fingerprint density at radius 3 is 2.14 bits per heavy atom. The van der Waals surface area contributed by atoms with Crippen LogP contribution in [0.25, 0.3) is 10.8 Å². The zero-order valence-electron chi connectivity index (χ0n) is 12.8. The third-order valence-corrected chi connectivity index (χ3v) is 3.91. The maximum atomic E-state index is 5.79. The summed E-state index contributed by atoms with van der Waals surface area (Å²) < 4.78 is 0. The van der Waals surface area contributed by atoms with Crippen molar-refractivity contribution in [3.8, 4) is 0 Å². The topological polar surface area (TPSA) is 29.3 Å². The Kier molecular flexibility index (Phi) is 4.84. The van der Waals surface area contributed by atoms with Gasteiger partial charge in [0.2, 0.25) is 0 Å². The van der Waals surface area contributed by atoms with Crippen molar-refractivity contribution in [1.82, 2.24) is 4.90 Å². The second-order valence-corrected chi connectivity index (χ2v) is 5.67. The summed E-state index contributed by atoms with van der Waals surface area (Å²) in [6.07, 6.45) is 0. The molecule has 0 aliphatic rings. The van der Waals surface area contributed by atoms with Crippen LogP contribution in [-0.2, 0) is 13.1 Å². The first-order valence-corrected chi connectivity index (χ1v) is 7.79. The fraction of sp³-hybridized carbons (Fsp3) is 0.200. The number of rotatable bonds is 6. The van der Waals surface area contributed by atoms with Gasteiger partial charge in [-0.25, -0.2) is 0 Å². The molecular formula is C20H22N2. The lowest BCUT2D eigenvalue weighted by Crippen LogP contribution is -2.28. The molecular weight excluding hydrogens is 268 g/mol. The molecule has 3 aromatic rings. The van der Waals surface area contributed by atoms with Crippen LogP contribution in [0.3, 0.4) is 0 Å². The molecule has 0 amide bonds. The van der Waals surface area contributed by atoms with E-state index in [1.807, 2.05) is 0 Å². The van der Waals surface area contributed by atoms with E-state index in [9.17, 15) is 0 Å². The molecule has 0 spiro atoms. The van der Waals surface area contributed by atoms with Gasteiger partial charge in [-0.3, -0.25) is 4.90 Å². The van der Waals surface area contributed by atoms with Crippen molar-refractivity contribution in [3.05, 3.63) is 83.9 Å². The molecule has 22 heavy (non-hydrogen) atoms. The van der Waals surface area contributed by atoms with Crippen LogP contribution in [-0.4, -0.2) is 18.0 Å². The molecule has 0 radical (unpaired) electrons. The molecule has 0 aromatic heterocycles. The van der Waals surface area contributed by atoms with Crippen molar-refractivity contribution >= 4 is 10.8 Å². The van der Waals surface area contributed by atoms with Gasteiger partial charge < -0.3 is 5.73 Å². The molecule has 0 heterocycles. The van der Waals surface area contributed by atoms with Gasteiger partial charge in [-0.2, -0.15) is 0 Å². The molecule has 0 saturated heterocycles. The van der Waals surface area contributed by atoms with Gasteiger partial charge in [0.15, 0.2) is 0 Å². The van der Waals surface area contributed by atoms with Crippen LogP contribution in [0.1, 0.15) is 11.1 Å². The third kappa shape index (κ3) is 3.73. The fourth-order valence-electron chi connectivity index (χ4n) is 2.83. The number of nitrogens with zero attached hydrogens (tertiary/aromatic N) is 1. The van der Waals surface area contributed by atoms with E-state index in [-0.39, 0.29) is 0 Å². The first-order chi connectivity index (χ1) is 10.8. The summed E-state index contributed by atoms with van der Waals surface area (Å²) >= 11 is 0. The molecule has 0 aliphatic carbocycles. The third-order valence-electron chi connectivity index (χ3n) is 3.91. The lowest BCUT2D eigenvalue weighted by atomic mass is 10.1. The molecule has 0 fully saturated rings. The van der Waals surface area contributed by atoms with Crippen molar-refractivity contribution in [1.29, 1.82) is 0 Å². The lowest BCUT2D eigenvalue weighted by Gasteiger charge is -2.22. The van der Waals surface area contributed by atoms with Crippen LogP contribution in [0.5, 0.6) is 0 Å². The zero-order chi connectivity index (χ0) is 15.2. The Labute approximate surface area is 132 Å². The molecule has 0 aliphatic heterocycles. The van der Waals surface area contributed by atoms with Gasteiger partial charge in [-0.15, -0.1) is 0 Å².